The zero-order valence-electron chi connectivity index (χ0n) is 28.8. The van der Waals surface area contributed by atoms with Gasteiger partial charge in [-0.05, 0) is 36.7 Å². The maximum atomic E-state index is 15.1. The van der Waals surface area contributed by atoms with Crippen LogP contribution in [0.25, 0.3) is 22.2 Å². The molecule has 1 aromatic carbocycles. The number of halogens is 4. The summed E-state index contributed by atoms with van der Waals surface area (Å²) in [4.78, 5) is 26.3. The van der Waals surface area contributed by atoms with E-state index in [-0.39, 0.29) is 76.3 Å². The summed E-state index contributed by atoms with van der Waals surface area (Å²) in [7, 11) is -2.66. The predicted octanol–water partition coefficient (Wildman–Crippen LogP) is 5.21. The van der Waals surface area contributed by atoms with Gasteiger partial charge in [-0.3, -0.25) is 14.1 Å². The number of amides is 1. The van der Waals surface area contributed by atoms with E-state index < -0.39 is 42.4 Å². The molecule has 4 aromatic rings. The van der Waals surface area contributed by atoms with Crippen molar-refractivity contribution in [3.05, 3.63) is 53.4 Å². The fourth-order valence-electron chi connectivity index (χ4n) is 5.12. The van der Waals surface area contributed by atoms with Gasteiger partial charge in [0.2, 0.25) is 10.0 Å². The van der Waals surface area contributed by atoms with Crippen LogP contribution in [0.5, 0.6) is 5.75 Å². The third-order valence-corrected chi connectivity index (χ3v) is 10.5. The highest BCUT2D eigenvalue weighted by Gasteiger charge is 2.31. The van der Waals surface area contributed by atoms with E-state index in [1.54, 1.807) is 6.92 Å². The Balaban J connectivity index is 1.95. The highest BCUT2D eigenvalue weighted by molar-refractivity contribution is 7.92. The van der Waals surface area contributed by atoms with Crippen LogP contribution < -0.4 is 19.7 Å². The summed E-state index contributed by atoms with van der Waals surface area (Å²) in [5.41, 5.74) is -0.173. The smallest absolute Gasteiger partial charge is 0.393 e. The highest BCUT2D eigenvalue weighted by Crippen LogP contribution is 2.37. The Hall–Kier alpha value is -4.36. The van der Waals surface area contributed by atoms with E-state index in [9.17, 15) is 26.4 Å². The molecule has 0 aliphatic rings. The van der Waals surface area contributed by atoms with Crippen molar-refractivity contribution < 1.29 is 40.2 Å². The number of fused-ring (bicyclic) bond motifs is 1. The average Bonchev–Trinajstić information content (AvgIpc) is 3.39. The molecule has 0 unspecified atom stereocenters. The number of hydrogen-bond donors (Lipinski definition) is 2. The molecule has 272 valence electrons. The maximum Gasteiger partial charge on any atom is 0.393 e. The standard InChI is InChI=1S/C31H40F4N8O5SSi/c1-8-43(49(4,45)46)29-23(37-9-10-38-29)17-39-28-26-24(42(41-27(26)30(44)36-2)18-48-11-12-50(5,6)7)15-22(40-28)20-14-21(32)25(47-3)13-19(20)16-31(33,34)35/h9-10,13-15H,8,11-12,16-18H2,1-7H3,(H,36,44)(H,39,40). The fraction of sp³-hybridized carbons (Fsp3) is 0.452. The minimum absolute atomic E-state index is 0.0161. The number of hydrogen-bond acceptors (Lipinski definition) is 10. The lowest BCUT2D eigenvalue weighted by molar-refractivity contribution is -0.127. The van der Waals surface area contributed by atoms with Crippen LogP contribution in [-0.4, -0.2) is 86.9 Å². The summed E-state index contributed by atoms with van der Waals surface area (Å²) in [6.45, 7) is 8.35. The summed E-state index contributed by atoms with van der Waals surface area (Å²) in [6, 6.07) is 4.14. The topological polar surface area (TPSA) is 153 Å². The van der Waals surface area contributed by atoms with Gasteiger partial charge in [0.1, 0.15) is 18.2 Å². The molecular formula is C31H40F4N8O5SSi. The first-order valence-corrected chi connectivity index (χ1v) is 21.1. The Morgan fingerprint density at radius 3 is 2.42 bits per heavy atom. The Bertz CT molecular complexity index is 1970. The maximum absolute atomic E-state index is 15.1. The lowest BCUT2D eigenvalue weighted by Gasteiger charge is -2.21. The van der Waals surface area contributed by atoms with E-state index in [0.717, 1.165) is 35.8 Å². The number of rotatable bonds is 15. The van der Waals surface area contributed by atoms with Crippen molar-refractivity contribution in [1.29, 1.82) is 0 Å². The molecule has 0 atom stereocenters. The Labute approximate surface area is 288 Å². The van der Waals surface area contributed by atoms with E-state index in [1.807, 2.05) is 0 Å². The summed E-state index contributed by atoms with van der Waals surface area (Å²) in [6.07, 6.45) is -2.34. The molecule has 0 saturated heterocycles. The number of methoxy groups -OCH3 is 1. The molecule has 50 heavy (non-hydrogen) atoms. The number of pyridine rings is 1. The number of nitrogens with one attached hydrogen (secondary N) is 2. The molecule has 3 aromatic heterocycles. The van der Waals surface area contributed by atoms with E-state index in [1.165, 1.54) is 30.2 Å². The molecule has 0 fully saturated rings. The second-order valence-electron chi connectivity index (χ2n) is 12.6. The van der Waals surface area contributed by atoms with Crippen LogP contribution in [0, 0.1) is 5.82 Å². The van der Waals surface area contributed by atoms with Gasteiger partial charge < -0.3 is 20.1 Å². The number of alkyl halides is 3. The number of aromatic nitrogens is 5. The van der Waals surface area contributed by atoms with E-state index >= 15 is 4.39 Å². The van der Waals surface area contributed by atoms with E-state index in [0.29, 0.717) is 6.61 Å². The van der Waals surface area contributed by atoms with Crippen LogP contribution in [-0.2, 0) is 34.5 Å². The lowest BCUT2D eigenvalue weighted by atomic mass is 9.99. The molecule has 4 rings (SSSR count). The first-order valence-electron chi connectivity index (χ1n) is 15.5. The van der Waals surface area contributed by atoms with Crippen LogP contribution >= 0.6 is 0 Å². The zero-order chi connectivity index (χ0) is 37.0. The SMILES string of the molecule is CCN(c1nccnc1CNc1nc(-c2cc(F)c(OC)cc2CC(F)(F)F)cc2c1c(C(=O)NC)nn2COCC[Si](C)(C)C)S(C)(=O)=O. The zero-order valence-corrected chi connectivity index (χ0v) is 30.6. The molecule has 0 radical (unpaired) electrons. The third-order valence-electron chi connectivity index (χ3n) is 7.53. The minimum Gasteiger partial charge on any atom is -0.494 e. The number of sulfonamides is 1. The van der Waals surface area contributed by atoms with Gasteiger partial charge in [0.05, 0.1) is 42.9 Å². The quantitative estimate of drug-likeness (QED) is 0.0944. The van der Waals surface area contributed by atoms with Crippen LogP contribution in [0.15, 0.2) is 30.6 Å². The third kappa shape index (κ3) is 9.24. The van der Waals surface area contributed by atoms with E-state index in [4.69, 9.17) is 9.47 Å². The summed E-state index contributed by atoms with van der Waals surface area (Å²) >= 11 is 0. The molecular weight excluding hydrogens is 701 g/mol. The highest BCUT2D eigenvalue weighted by atomic mass is 32.2. The normalized spacial score (nSPS) is 12.3. The van der Waals surface area contributed by atoms with Crippen molar-refractivity contribution in [2.75, 3.05) is 43.2 Å². The number of carbonyl (C=O) groups excluding carboxylic acids is 1. The van der Waals surface area contributed by atoms with Gasteiger partial charge >= 0.3 is 6.18 Å². The number of anilines is 2. The number of carbonyl (C=O) groups is 1. The largest absolute Gasteiger partial charge is 0.494 e. The number of nitrogens with zero attached hydrogens (tertiary/aromatic N) is 6. The molecule has 13 nitrogen and oxygen atoms in total. The van der Waals surface area contributed by atoms with Gasteiger partial charge in [-0.15, -0.1) is 0 Å². The lowest BCUT2D eigenvalue weighted by Crippen LogP contribution is -2.31. The Kier molecular flexibility index (Phi) is 11.7. The molecule has 1 amide bonds. The average molecular weight is 741 g/mol. The van der Waals surface area contributed by atoms with Crippen LogP contribution in [0.4, 0.5) is 29.2 Å². The Morgan fingerprint density at radius 1 is 1.12 bits per heavy atom. The van der Waals surface area contributed by atoms with E-state index in [2.05, 4.69) is 50.3 Å². The molecule has 0 spiro atoms. The molecule has 0 bridgehead atoms. The van der Waals surface area contributed by atoms with Crippen molar-refractivity contribution in [3.63, 3.8) is 0 Å². The summed E-state index contributed by atoms with van der Waals surface area (Å²) in [5, 5.41) is 10.3. The minimum atomic E-state index is -4.66. The predicted molar refractivity (Wildman–Crippen MR) is 184 cm³/mol. The van der Waals surface area contributed by atoms with Crippen molar-refractivity contribution in [1.82, 2.24) is 30.0 Å². The summed E-state index contributed by atoms with van der Waals surface area (Å²) in [5.74, 6) is -1.85. The molecule has 2 N–H and O–H groups in total. The van der Waals surface area contributed by atoms with Crippen molar-refractivity contribution in [2.45, 2.75) is 58.5 Å². The van der Waals surface area contributed by atoms with Crippen LogP contribution in [0.1, 0.15) is 28.7 Å². The van der Waals surface area contributed by atoms with Crippen molar-refractivity contribution >= 4 is 46.5 Å². The van der Waals surface area contributed by atoms with Crippen molar-refractivity contribution in [3.8, 4) is 17.0 Å². The molecule has 0 aliphatic carbocycles. The van der Waals surface area contributed by atoms with Gasteiger partial charge in [0, 0.05) is 46.2 Å². The number of benzene rings is 1. The molecule has 0 aliphatic heterocycles. The van der Waals surface area contributed by atoms with Crippen LogP contribution in [0.3, 0.4) is 0 Å². The second-order valence-corrected chi connectivity index (χ2v) is 20.1. The fourth-order valence-corrected chi connectivity index (χ4v) is 6.81. The van der Waals surface area contributed by atoms with Gasteiger partial charge in [0.15, 0.2) is 23.1 Å². The van der Waals surface area contributed by atoms with Gasteiger partial charge in [-0.2, -0.15) is 18.3 Å². The molecule has 19 heteroatoms. The monoisotopic (exact) mass is 740 g/mol. The van der Waals surface area contributed by atoms with Crippen molar-refractivity contribution in [2.24, 2.45) is 0 Å². The summed E-state index contributed by atoms with van der Waals surface area (Å²) < 4.78 is 94.9. The molecule has 0 saturated carbocycles. The Morgan fingerprint density at radius 2 is 1.82 bits per heavy atom. The number of ether oxygens (including phenoxy) is 2. The van der Waals surface area contributed by atoms with Crippen LogP contribution in [0.2, 0.25) is 25.7 Å². The second kappa shape index (κ2) is 15.3. The molecule has 3 heterocycles. The first kappa shape index (κ1) is 38.4. The van der Waals surface area contributed by atoms with Gasteiger partial charge in [-0.25, -0.2) is 27.5 Å². The van der Waals surface area contributed by atoms with Gasteiger partial charge in [-0.1, -0.05) is 19.6 Å². The first-order chi connectivity index (χ1) is 23.4. The van der Waals surface area contributed by atoms with Gasteiger partial charge in [0.25, 0.3) is 5.91 Å².